The van der Waals surface area contributed by atoms with Crippen LogP contribution in [-0.4, -0.2) is 18.2 Å². The highest BCUT2D eigenvalue weighted by atomic mass is 19.1. The quantitative estimate of drug-likeness (QED) is 0.842. The minimum Gasteiger partial charge on any atom is -0.444 e. The van der Waals surface area contributed by atoms with Crippen LogP contribution in [0.4, 0.5) is 9.18 Å². The van der Waals surface area contributed by atoms with E-state index in [4.69, 9.17) is 4.74 Å². The first-order chi connectivity index (χ1) is 8.88. The standard InChI is InChI=1S/C15H20FNO2/c1-15(2,3)19-14(18)17-11-7-6-9-12-8-4-5-10-13(12)16/h4-6,8-10H,7,11H2,1-3H3,(H,17,18). The van der Waals surface area contributed by atoms with Crippen LogP contribution in [0.2, 0.25) is 0 Å². The topological polar surface area (TPSA) is 38.3 Å². The van der Waals surface area contributed by atoms with Crippen molar-refractivity contribution in [3.63, 3.8) is 0 Å². The van der Waals surface area contributed by atoms with Crippen molar-refractivity contribution in [2.75, 3.05) is 6.54 Å². The molecule has 0 fully saturated rings. The van der Waals surface area contributed by atoms with Crippen LogP contribution >= 0.6 is 0 Å². The van der Waals surface area contributed by atoms with Crippen molar-refractivity contribution in [2.24, 2.45) is 0 Å². The largest absolute Gasteiger partial charge is 0.444 e. The zero-order chi connectivity index (χ0) is 14.3. The molecule has 0 aromatic heterocycles. The van der Waals surface area contributed by atoms with E-state index in [1.54, 1.807) is 24.3 Å². The molecule has 0 unspecified atom stereocenters. The molecule has 1 N–H and O–H groups in total. The number of hydrogen-bond donors (Lipinski definition) is 1. The Balaban J connectivity index is 2.28. The molecule has 4 heteroatoms. The second-order valence-electron chi connectivity index (χ2n) is 5.14. The van der Waals surface area contributed by atoms with Gasteiger partial charge >= 0.3 is 6.09 Å². The summed E-state index contributed by atoms with van der Waals surface area (Å²) in [5, 5.41) is 2.63. The van der Waals surface area contributed by atoms with Gasteiger partial charge in [-0.2, -0.15) is 0 Å². The summed E-state index contributed by atoms with van der Waals surface area (Å²) >= 11 is 0. The molecule has 19 heavy (non-hydrogen) atoms. The Labute approximate surface area is 113 Å². The number of alkyl carbamates (subject to hydrolysis) is 1. The summed E-state index contributed by atoms with van der Waals surface area (Å²) in [7, 11) is 0. The van der Waals surface area contributed by atoms with Gasteiger partial charge in [0.25, 0.3) is 0 Å². The van der Waals surface area contributed by atoms with Crippen LogP contribution in [0.1, 0.15) is 32.8 Å². The number of rotatable bonds is 4. The Bertz CT molecular complexity index is 450. The molecule has 0 heterocycles. The minimum atomic E-state index is -0.493. The Hall–Kier alpha value is -1.84. The lowest BCUT2D eigenvalue weighted by Gasteiger charge is -2.19. The van der Waals surface area contributed by atoms with Crippen LogP contribution in [0.25, 0.3) is 6.08 Å². The van der Waals surface area contributed by atoms with E-state index in [-0.39, 0.29) is 5.82 Å². The van der Waals surface area contributed by atoms with Crippen LogP contribution in [0.15, 0.2) is 30.3 Å². The average Bonchev–Trinajstić information content (AvgIpc) is 2.28. The van der Waals surface area contributed by atoms with Crippen LogP contribution in [0.3, 0.4) is 0 Å². The highest BCUT2D eigenvalue weighted by Crippen LogP contribution is 2.08. The molecule has 0 aliphatic heterocycles. The van der Waals surface area contributed by atoms with Crippen molar-refractivity contribution in [1.29, 1.82) is 0 Å². The third-order valence-electron chi connectivity index (χ3n) is 2.18. The van der Waals surface area contributed by atoms with Crippen molar-refractivity contribution in [1.82, 2.24) is 5.32 Å². The predicted molar refractivity (Wildman–Crippen MR) is 74.3 cm³/mol. The molecule has 0 bridgehead atoms. The first-order valence-corrected chi connectivity index (χ1v) is 6.26. The summed E-state index contributed by atoms with van der Waals surface area (Å²) < 4.78 is 18.4. The Morgan fingerprint density at radius 1 is 1.37 bits per heavy atom. The Morgan fingerprint density at radius 2 is 2.05 bits per heavy atom. The fourth-order valence-electron chi connectivity index (χ4n) is 1.39. The molecule has 0 aliphatic rings. The molecule has 0 spiro atoms. The number of ether oxygens (including phenoxy) is 1. The average molecular weight is 265 g/mol. The highest BCUT2D eigenvalue weighted by Gasteiger charge is 2.15. The van der Waals surface area contributed by atoms with Gasteiger partial charge in [0, 0.05) is 12.1 Å². The van der Waals surface area contributed by atoms with Crippen molar-refractivity contribution < 1.29 is 13.9 Å². The van der Waals surface area contributed by atoms with Crippen LogP contribution in [0, 0.1) is 5.82 Å². The van der Waals surface area contributed by atoms with E-state index in [9.17, 15) is 9.18 Å². The van der Waals surface area contributed by atoms with Gasteiger partial charge in [-0.3, -0.25) is 0 Å². The van der Waals surface area contributed by atoms with Crippen LogP contribution in [0.5, 0.6) is 0 Å². The van der Waals surface area contributed by atoms with E-state index in [0.29, 0.717) is 18.5 Å². The number of carbonyl (C=O) groups excluding carboxylic acids is 1. The van der Waals surface area contributed by atoms with Crippen molar-refractivity contribution in [2.45, 2.75) is 32.8 Å². The zero-order valence-electron chi connectivity index (χ0n) is 11.6. The van der Waals surface area contributed by atoms with Crippen molar-refractivity contribution in [3.05, 3.63) is 41.7 Å². The summed E-state index contributed by atoms with van der Waals surface area (Å²) in [6, 6.07) is 6.55. The minimum absolute atomic E-state index is 0.251. The van der Waals surface area contributed by atoms with Gasteiger partial charge < -0.3 is 10.1 Å². The fraction of sp³-hybridized carbons (Fsp3) is 0.400. The molecule has 0 atom stereocenters. The normalized spacial score (nSPS) is 11.6. The maximum atomic E-state index is 13.3. The van der Waals surface area contributed by atoms with Gasteiger partial charge in [-0.15, -0.1) is 0 Å². The van der Waals surface area contributed by atoms with Gasteiger partial charge in [-0.25, -0.2) is 9.18 Å². The SMILES string of the molecule is CC(C)(C)OC(=O)NCCC=Cc1ccccc1F. The Morgan fingerprint density at radius 3 is 2.68 bits per heavy atom. The molecule has 104 valence electrons. The smallest absolute Gasteiger partial charge is 0.407 e. The van der Waals surface area contributed by atoms with Crippen LogP contribution in [-0.2, 0) is 4.74 Å². The van der Waals surface area contributed by atoms with Gasteiger partial charge in [0.05, 0.1) is 0 Å². The molecule has 1 rings (SSSR count). The first kappa shape index (κ1) is 15.2. The molecule has 1 amide bonds. The first-order valence-electron chi connectivity index (χ1n) is 6.26. The number of amides is 1. The lowest BCUT2D eigenvalue weighted by atomic mass is 10.2. The van der Waals surface area contributed by atoms with Gasteiger partial charge in [0.2, 0.25) is 0 Å². The summed E-state index contributed by atoms with van der Waals surface area (Å²) in [5.41, 5.74) is 0.0485. The fourth-order valence-corrected chi connectivity index (χ4v) is 1.39. The second-order valence-corrected chi connectivity index (χ2v) is 5.14. The number of halogens is 1. The second kappa shape index (κ2) is 6.92. The Kier molecular flexibility index (Phi) is 5.55. The summed E-state index contributed by atoms with van der Waals surface area (Å²) in [6.45, 7) is 5.89. The van der Waals surface area contributed by atoms with Gasteiger partial charge in [0.1, 0.15) is 11.4 Å². The van der Waals surface area contributed by atoms with Gasteiger partial charge in [0.15, 0.2) is 0 Å². The molecule has 1 aromatic carbocycles. The van der Waals surface area contributed by atoms with Crippen LogP contribution < -0.4 is 5.32 Å². The number of benzene rings is 1. The lowest BCUT2D eigenvalue weighted by molar-refractivity contribution is 0.0529. The van der Waals surface area contributed by atoms with E-state index < -0.39 is 11.7 Å². The molecular formula is C15H20FNO2. The van der Waals surface area contributed by atoms with E-state index in [1.165, 1.54) is 6.07 Å². The van der Waals surface area contributed by atoms with E-state index in [2.05, 4.69) is 5.32 Å². The molecular weight excluding hydrogens is 245 g/mol. The van der Waals surface area contributed by atoms with E-state index in [1.807, 2.05) is 26.8 Å². The maximum Gasteiger partial charge on any atom is 0.407 e. The highest BCUT2D eigenvalue weighted by molar-refractivity contribution is 5.67. The molecule has 0 aliphatic carbocycles. The number of carbonyl (C=O) groups is 1. The van der Waals surface area contributed by atoms with Gasteiger partial charge in [-0.05, 0) is 33.3 Å². The predicted octanol–water partition coefficient (Wildman–Crippen LogP) is 3.75. The van der Waals surface area contributed by atoms with Crippen molar-refractivity contribution >= 4 is 12.2 Å². The number of nitrogens with one attached hydrogen (secondary N) is 1. The lowest BCUT2D eigenvalue weighted by Crippen LogP contribution is -2.32. The zero-order valence-corrected chi connectivity index (χ0v) is 11.6. The molecule has 0 saturated heterocycles. The summed E-state index contributed by atoms with van der Waals surface area (Å²) in [5.74, 6) is -0.251. The van der Waals surface area contributed by atoms with Crippen molar-refractivity contribution in [3.8, 4) is 0 Å². The third kappa shape index (κ3) is 6.60. The molecule has 0 radical (unpaired) electrons. The summed E-state index contributed by atoms with van der Waals surface area (Å²) in [6.07, 6.45) is 3.70. The van der Waals surface area contributed by atoms with E-state index >= 15 is 0 Å². The number of hydrogen-bond acceptors (Lipinski definition) is 2. The third-order valence-corrected chi connectivity index (χ3v) is 2.18. The molecule has 3 nitrogen and oxygen atoms in total. The van der Waals surface area contributed by atoms with E-state index in [0.717, 1.165) is 0 Å². The monoisotopic (exact) mass is 265 g/mol. The summed E-state index contributed by atoms with van der Waals surface area (Å²) in [4.78, 5) is 11.3. The molecule has 0 saturated carbocycles. The maximum absolute atomic E-state index is 13.3. The molecule has 1 aromatic rings. The van der Waals surface area contributed by atoms with Gasteiger partial charge in [-0.1, -0.05) is 30.4 Å².